The zero-order valence-corrected chi connectivity index (χ0v) is 22.0. The zero-order valence-electron chi connectivity index (χ0n) is 22.0. The maximum absolute atomic E-state index is 12.9. The van der Waals surface area contributed by atoms with E-state index < -0.39 is 0 Å². The number of carbonyl (C=O) groups excluding carboxylic acids is 1. The van der Waals surface area contributed by atoms with Crippen molar-refractivity contribution in [1.82, 2.24) is 25.6 Å². The first-order valence-corrected chi connectivity index (χ1v) is 12.9. The van der Waals surface area contributed by atoms with Gasteiger partial charge in [-0.1, -0.05) is 24.3 Å². The molecule has 1 aliphatic rings. The molecule has 0 fully saturated rings. The number of anilines is 2. The monoisotopic (exact) mass is 528 g/mol. The molecule has 5 rings (SSSR count). The summed E-state index contributed by atoms with van der Waals surface area (Å²) >= 11 is 0. The Kier molecular flexibility index (Phi) is 7.82. The molecule has 0 unspecified atom stereocenters. The van der Waals surface area contributed by atoms with E-state index in [1.807, 2.05) is 56.4 Å². The van der Waals surface area contributed by atoms with Gasteiger partial charge >= 0.3 is 0 Å². The third kappa shape index (κ3) is 5.90. The van der Waals surface area contributed by atoms with Gasteiger partial charge in [-0.3, -0.25) is 15.2 Å². The first-order valence-electron chi connectivity index (χ1n) is 12.9. The third-order valence-electron chi connectivity index (χ3n) is 6.57. The van der Waals surface area contributed by atoms with E-state index in [9.17, 15) is 15.2 Å². The lowest BCUT2D eigenvalue weighted by Gasteiger charge is -2.33. The van der Waals surface area contributed by atoms with Gasteiger partial charge in [0.1, 0.15) is 16.9 Å². The number of nitrogens with one attached hydrogen (secondary N) is 2. The number of amides is 1. The summed E-state index contributed by atoms with van der Waals surface area (Å²) in [5.74, 6) is -0.000943. The first-order chi connectivity index (χ1) is 18.9. The van der Waals surface area contributed by atoms with Crippen LogP contribution in [0.25, 0.3) is 22.1 Å². The topological polar surface area (TPSA) is 129 Å². The maximum atomic E-state index is 12.9. The average Bonchev–Trinajstić information content (AvgIpc) is 2.94. The predicted molar refractivity (Wildman–Crippen MR) is 151 cm³/mol. The van der Waals surface area contributed by atoms with Gasteiger partial charge in [-0.2, -0.15) is 10.2 Å². The normalized spacial score (nSPS) is 14.2. The molecule has 0 saturated heterocycles. The van der Waals surface area contributed by atoms with Gasteiger partial charge in [0.15, 0.2) is 0 Å². The molecule has 0 aliphatic carbocycles. The number of carbonyl (C=O) groups is 1. The number of aryl methyl sites for hydroxylation is 1. The van der Waals surface area contributed by atoms with Crippen LogP contribution in [-0.4, -0.2) is 70.4 Å². The second-order valence-corrected chi connectivity index (χ2v) is 9.58. The largest absolute Gasteiger partial charge is 0.352 e. The number of hydrazine groups is 1. The number of rotatable bonds is 9. The van der Waals surface area contributed by atoms with Crippen molar-refractivity contribution in [1.29, 1.82) is 0 Å². The standard InChI is InChI=1S/C28H32N8O3/c1-19-12-13-24-25(18-19)35(38)28(33-36(24)39)30-15-7-17-34(2)16-6-14-29-27(37)20-8-5-11-23-26(20)32-22-10-4-3-9-21(22)31-23/h3-5,8-13,18,38-39H,6-7,14-17H2,1-2H3,(H,29,37)(H,30,33). The summed E-state index contributed by atoms with van der Waals surface area (Å²) in [5.41, 5.74) is 7.91. The highest BCUT2D eigenvalue weighted by atomic mass is 16.6. The van der Waals surface area contributed by atoms with Crippen LogP contribution in [0, 0.1) is 6.92 Å². The molecular weight excluding hydrogens is 496 g/mol. The van der Waals surface area contributed by atoms with Crippen molar-refractivity contribution in [3.63, 3.8) is 0 Å². The second-order valence-electron chi connectivity index (χ2n) is 9.58. The molecule has 39 heavy (non-hydrogen) atoms. The Morgan fingerprint density at radius 2 is 1.72 bits per heavy atom. The lowest BCUT2D eigenvalue weighted by Crippen LogP contribution is -2.52. The van der Waals surface area contributed by atoms with Crippen LogP contribution >= 0.6 is 0 Å². The molecule has 4 aromatic rings. The molecule has 0 radical (unpaired) electrons. The molecule has 11 heteroatoms. The van der Waals surface area contributed by atoms with Gasteiger partial charge in [0.05, 0.1) is 22.1 Å². The number of guanidine groups is 1. The van der Waals surface area contributed by atoms with Crippen LogP contribution in [0.15, 0.2) is 65.7 Å². The van der Waals surface area contributed by atoms with Crippen molar-refractivity contribution in [2.45, 2.75) is 19.8 Å². The van der Waals surface area contributed by atoms with Crippen molar-refractivity contribution < 1.29 is 15.2 Å². The molecule has 11 nitrogen and oxygen atoms in total. The molecule has 202 valence electrons. The van der Waals surface area contributed by atoms with Crippen molar-refractivity contribution in [3.8, 4) is 0 Å². The molecule has 4 N–H and O–H groups in total. The second kappa shape index (κ2) is 11.6. The van der Waals surface area contributed by atoms with Crippen LogP contribution in [0.2, 0.25) is 0 Å². The zero-order chi connectivity index (χ0) is 27.4. The van der Waals surface area contributed by atoms with Crippen LogP contribution < -0.4 is 21.0 Å². The lowest BCUT2D eigenvalue weighted by atomic mass is 10.1. The average molecular weight is 529 g/mol. The predicted octanol–water partition coefficient (Wildman–Crippen LogP) is 3.50. The first kappa shape index (κ1) is 26.3. The van der Waals surface area contributed by atoms with E-state index in [1.165, 1.54) is 0 Å². The summed E-state index contributed by atoms with van der Waals surface area (Å²) in [6.45, 7) is 4.51. The molecule has 2 heterocycles. The number of nitrogens with zero attached hydrogens (tertiary/aromatic N) is 6. The minimum Gasteiger partial charge on any atom is -0.352 e. The van der Waals surface area contributed by atoms with E-state index in [0.29, 0.717) is 41.1 Å². The highest BCUT2D eigenvalue weighted by molar-refractivity contribution is 6.06. The van der Waals surface area contributed by atoms with E-state index in [4.69, 9.17) is 0 Å². The maximum Gasteiger partial charge on any atom is 0.253 e. The molecule has 0 atom stereocenters. The fourth-order valence-electron chi connectivity index (χ4n) is 4.51. The third-order valence-corrected chi connectivity index (χ3v) is 6.57. The van der Waals surface area contributed by atoms with Crippen LogP contribution in [0.4, 0.5) is 11.4 Å². The minimum atomic E-state index is -0.160. The summed E-state index contributed by atoms with van der Waals surface area (Å²) < 4.78 is 0. The summed E-state index contributed by atoms with van der Waals surface area (Å²) in [5, 5.41) is 25.5. The number of hydroxylamine groups is 1. The number of hydrogen-bond acceptors (Lipinski definition) is 8. The Hall–Kier alpha value is -4.32. The molecule has 1 aliphatic heterocycles. The number of aliphatic imine (C=N–C) groups is 1. The Balaban J connectivity index is 1.07. The number of aromatic nitrogens is 2. The van der Waals surface area contributed by atoms with Gasteiger partial charge in [0, 0.05) is 13.1 Å². The Morgan fingerprint density at radius 1 is 0.974 bits per heavy atom. The van der Waals surface area contributed by atoms with E-state index >= 15 is 0 Å². The molecule has 1 aromatic heterocycles. The van der Waals surface area contributed by atoms with Gasteiger partial charge in [0.25, 0.3) is 5.91 Å². The molecular formula is C28H32N8O3. The van der Waals surface area contributed by atoms with E-state index in [0.717, 1.165) is 52.8 Å². The van der Waals surface area contributed by atoms with E-state index in [-0.39, 0.29) is 11.9 Å². The molecule has 0 bridgehead atoms. The SMILES string of the molecule is Cc1ccc2c(c1)N(O)C(=NCCCN(C)CCCNC(=O)c1cccc3nc4ccccc4nc13)NN2O. The van der Waals surface area contributed by atoms with E-state index in [2.05, 4.69) is 30.6 Å². The minimum absolute atomic E-state index is 0.159. The summed E-state index contributed by atoms with van der Waals surface area (Å²) in [6.07, 6.45) is 1.55. The van der Waals surface area contributed by atoms with Crippen LogP contribution in [0.1, 0.15) is 28.8 Å². The molecule has 3 aromatic carbocycles. The van der Waals surface area contributed by atoms with Crippen LogP contribution in [0.5, 0.6) is 0 Å². The Morgan fingerprint density at radius 3 is 2.54 bits per heavy atom. The molecule has 0 spiro atoms. The van der Waals surface area contributed by atoms with Crippen LogP contribution in [0.3, 0.4) is 0 Å². The van der Waals surface area contributed by atoms with Crippen molar-refractivity contribution in [2.75, 3.05) is 43.5 Å². The smallest absolute Gasteiger partial charge is 0.253 e. The number of benzene rings is 3. The van der Waals surface area contributed by atoms with Gasteiger partial charge in [-0.05, 0) is 81.9 Å². The van der Waals surface area contributed by atoms with Crippen LogP contribution in [-0.2, 0) is 0 Å². The number of para-hydroxylation sites is 3. The Bertz CT molecular complexity index is 1530. The van der Waals surface area contributed by atoms with E-state index in [1.54, 1.807) is 18.2 Å². The number of hydrogen-bond donors (Lipinski definition) is 4. The fraction of sp³-hybridized carbons (Fsp3) is 0.286. The number of fused-ring (bicyclic) bond motifs is 3. The lowest BCUT2D eigenvalue weighted by molar-refractivity contribution is 0.0953. The quantitative estimate of drug-likeness (QED) is 0.191. The summed E-state index contributed by atoms with van der Waals surface area (Å²) in [7, 11) is 2.02. The van der Waals surface area contributed by atoms with Gasteiger partial charge in [0.2, 0.25) is 5.96 Å². The van der Waals surface area contributed by atoms with Crippen molar-refractivity contribution in [2.24, 2.45) is 4.99 Å². The van der Waals surface area contributed by atoms with Gasteiger partial charge in [-0.25, -0.2) is 20.4 Å². The summed E-state index contributed by atoms with van der Waals surface area (Å²) in [6, 6.07) is 18.4. The Labute approximate surface area is 226 Å². The van der Waals surface area contributed by atoms with Crippen molar-refractivity contribution >= 4 is 45.3 Å². The van der Waals surface area contributed by atoms with Crippen molar-refractivity contribution in [3.05, 3.63) is 71.8 Å². The fourth-order valence-corrected chi connectivity index (χ4v) is 4.51. The molecule has 1 amide bonds. The highest BCUT2D eigenvalue weighted by Crippen LogP contribution is 2.31. The summed E-state index contributed by atoms with van der Waals surface area (Å²) in [4.78, 5) is 28.8. The molecule has 0 saturated carbocycles. The highest BCUT2D eigenvalue weighted by Gasteiger charge is 2.25. The van der Waals surface area contributed by atoms with Gasteiger partial charge < -0.3 is 10.2 Å². The van der Waals surface area contributed by atoms with Gasteiger partial charge in [-0.15, -0.1) is 0 Å².